The maximum atomic E-state index is 12.3. The minimum absolute atomic E-state index is 0.0389. The van der Waals surface area contributed by atoms with Crippen molar-refractivity contribution < 1.29 is 9.53 Å². The maximum Gasteiger partial charge on any atom is 0.224 e. The first-order valence-corrected chi connectivity index (χ1v) is 10.8. The number of pyridine rings is 1. The summed E-state index contributed by atoms with van der Waals surface area (Å²) in [7, 11) is 0. The smallest absolute Gasteiger partial charge is 0.224 e. The Morgan fingerprint density at radius 1 is 0.968 bits per heavy atom. The minimum Gasteiger partial charge on any atom is -0.494 e. The lowest BCUT2D eigenvalue weighted by Gasteiger charge is -2.09. The van der Waals surface area contributed by atoms with Crippen LogP contribution < -0.4 is 15.4 Å². The predicted molar refractivity (Wildman–Crippen MR) is 125 cm³/mol. The highest BCUT2D eigenvalue weighted by molar-refractivity contribution is 7.14. The molecule has 7 heteroatoms. The van der Waals surface area contributed by atoms with E-state index in [1.54, 1.807) is 12.4 Å². The summed E-state index contributed by atoms with van der Waals surface area (Å²) in [4.78, 5) is 20.9. The summed E-state index contributed by atoms with van der Waals surface area (Å²) in [6.45, 7) is 0.503. The lowest BCUT2D eigenvalue weighted by Crippen LogP contribution is -2.12. The molecule has 6 nitrogen and oxygen atoms in total. The quantitative estimate of drug-likeness (QED) is 0.331. The van der Waals surface area contributed by atoms with Gasteiger partial charge in [0.25, 0.3) is 0 Å². The first kappa shape index (κ1) is 20.6. The molecule has 4 rings (SSSR count). The normalized spacial score (nSPS) is 10.5. The minimum atomic E-state index is -0.0389. The number of aromatic nitrogens is 2. The zero-order valence-corrected chi connectivity index (χ0v) is 17.6. The summed E-state index contributed by atoms with van der Waals surface area (Å²) >= 11 is 1.53. The Hall–Kier alpha value is -3.71. The van der Waals surface area contributed by atoms with Crippen molar-refractivity contribution in [1.29, 1.82) is 0 Å². The molecule has 156 valence electrons. The Labute approximate surface area is 185 Å². The Morgan fingerprint density at radius 2 is 1.77 bits per heavy atom. The van der Waals surface area contributed by atoms with Crippen LogP contribution in [0.3, 0.4) is 0 Å². The van der Waals surface area contributed by atoms with Crippen molar-refractivity contribution in [2.24, 2.45) is 0 Å². The van der Waals surface area contributed by atoms with E-state index in [2.05, 4.69) is 20.6 Å². The monoisotopic (exact) mass is 430 g/mol. The molecule has 0 aliphatic heterocycles. The highest BCUT2D eigenvalue weighted by atomic mass is 32.1. The number of thiazole rings is 1. The molecule has 0 unspecified atom stereocenters. The molecule has 2 aromatic carbocycles. The number of para-hydroxylation sites is 1. The Morgan fingerprint density at radius 3 is 2.61 bits per heavy atom. The van der Waals surface area contributed by atoms with Crippen LogP contribution in [-0.4, -0.2) is 22.5 Å². The molecule has 1 amide bonds. The fraction of sp³-hybridized carbons (Fsp3) is 0.125. The lowest BCUT2D eigenvalue weighted by atomic mass is 10.2. The number of carbonyl (C=O) groups excluding carboxylic acids is 1. The van der Waals surface area contributed by atoms with Crippen LogP contribution in [0.25, 0.3) is 11.3 Å². The van der Waals surface area contributed by atoms with Crippen LogP contribution in [0.4, 0.5) is 16.5 Å². The van der Waals surface area contributed by atoms with Crippen molar-refractivity contribution in [3.63, 3.8) is 0 Å². The average molecular weight is 431 g/mol. The number of hydrogen-bond donors (Lipinski definition) is 2. The zero-order valence-electron chi connectivity index (χ0n) is 16.8. The van der Waals surface area contributed by atoms with Crippen molar-refractivity contribution in [2.75, 3.05) is 17.2 Å². The number of anilines is 3. The molecular formula is C24H22N4O2S. The molecule has 31 heavy (non-hydrogen) atoms. The van der Waals surface area contributed by atoms with Gasteiger partial charge in [0.15, 0.2) is 5.13 Å². The maximum absolute atomic E-state index is 12.3. The largest absolute Gasteiger partial charge is 0.494 e. The number of amides is 1. The molecule has 0 fully saturated rings. The molecular weight excluding hydrogens is 408 g/mol. The lowest BCUT2D eigenvalue weighted by molar-refractivity contribution is -0.116. The molecule has 0 spiro atoms. The van der Waals surface area contributed by atoms with Gasteiger partial charge in [0.05, 0.1) is 12.3 Å². The highest BCUT2D eigenvalue weighted by Crippen LogP contribution is 2.27. The van der Waals surface area contributed by atoms with Crippen molar-refractivity contribution in [3.8, 4) is 17.0 Å². The Kier molecular flexibility index (Phi) is 6.87. The third-order valence-electron chi connectivity index (χ3n) is 4.44. The summed E-state index contributed by atoms with van der Waals surface area (Å²) in [6, 6.07) is 21.1. The topological polar surface area (TPSA) is 76.1 Å². The molecule has 2 aromatic heterocycles. The molecule has 0 saturated heterocycles. The molecule has 0 atom stereocenters. The number of ether oxygens (including phenoxy) is 1. The number of nitrogens with zero attached hydrogens (tertiary/aromatic N) is 2. The van der Waals surface area contributed by atoms with Gasteiger partial charge >= 0.3 is 0 Å². The van der Waals surface area contributed by atoms with E-state index in [1.165, 1.54) is 11.3 Å². The van der Waals surface area contributed by atoms with Crippen LogP contribution in [0.2, 0.25) is 0 Å². The van der Waals surface area contributed by atoms with Crippen LogP contribution in [0.5, 0.6) is 5.75 Å². The molecule has 4 aromatic rings. The average Bonchev–Trinajstić information content (AvgIpc) is 3.27. The van der Waals surface area contributed by atoms with Gasteiger partial charge in [0.2, 0.25) is 5.91 Å². The van der Waals surface area contributed by atoms with Crippen molar-refractivity contribution >= 4 is 33.8 Å². The van der Waals surface area contributed by atoms with Crippen LogP contribution in [0.15, 0.2) is 84.5 Å². The van der Waals surface area contributed by atoms with Crippen LogP contribution in [0.1, 0.15) is 12.8 Å². The standard InChI is InChI=1S/C24H22N4O2S/c29-23(10-5-15-30-21-8-2-1-3-9-21)26-19-6-4-7-20(16-19)27-24-28-22(17-31-24)18-11-13-25-14-12-18/h1-4,6-9,11-14,16-17H,5,10,15H2,(H,26,29)(H,27,28). The zero-order chi connectivity index (χ0) is 21.3. The van der Waals surface area contributed by atoms with E-state index < -0.39 is 0 Å². The first-order chi connectivity index (χ1) is 15.3. The van der Waals surface area contributed by atoms with E-state index in [0.29, 0.717) is 19.4 Å². The summed E-state index contributed by atoms with van der Waals surface area (Å²) in [5.74, 6) is 0.777. The van der Waals surface area contributed by atoms with Gasteiger partial charge in [-0.15, -0.1) is 11.3 Å². The number of carbonyl (C=O) groups is 1. The fourth-order valence-electron chi connectivity index (χ4n) is 2.95. The van der Waals surface area contributed by atoms with Crippen molar-refractivity contribution in [2.45, 2.75) is 12.8 Å². The van der Waals surface area contributed by atoms with Crippen LogP contribution in [0, 0.1) is 0 Å². The van der Waals surface area contributed by atoms with Crippen LogP contribution in [-0.2, 0) is 4.79 Å². The van der Waals surface area contributed by atoms with Gasteiger partial charge in [0.1, 0.15) is 5.75 Å². The third-order valence-corrected chi connectivity index (χ3v) is 5.20. The molecule has 0 saturated carbocycles. The van der Waals surface area contributed by atoms with E-state index in [0.717, 1.165) is 33.5 Å². The van der Waals surface area contributed by atoms with Gasteiger partial charge in [0, 0.05) is 41.1 Å². The highest BCUT2D eigenvalue weighted by Gasteiger charge is 2.07. The second kappa shape index (κ2) is 10.4. The van der Waals surface area contributed by atoms with E-state index >= 15 is 0 Å². The molecule has 0 aliphatic rings. The van der Waals surface area contributed by atoms with E-state index in [-0.39, 0.29) is 5.91 Å². The van der Waals surface area contributed by atoms with E-state index in [1.807, 2.05) is 72.1 Å². The van der Waals surface area contributed by atoms with E-state index in [4.69, 9.17) is 4.74 Å². The van der Waals surface area contributed by atoms with Gasteiger partial charge in [-0.25, -0.2) is 4.98 Å². The SMILES string of the molecule is O=C(CCCOc1ccccc1)Nc1cccc(Nc2nc(-c3ccncc3)cs2)c1. The van der Waals surface area contributed by atoms with Gasteiger partial charge in [-0.05, 0) is 48.9 Å². The second-order valence-corrected chi connectivity index (χ2v) is 7.65. The third kappa shape index (κ3) is 6.13. The van der Waals surface area contributed by atoms with Gasteiger partial charge in [-0.1, -0.05) is 24.3 Å². The predicted octanol–water partition coefficient (Wildman–Crippen LogP) is 5.75. The number of rotatable bonds is 9. The molecule has 2 N–H and O–H groups in total. The Balaban J connectivity index is 1.27. The fourth-order valence-corrected chi connectivity index (χ4v) is 3.69. The summed E-state index contributed by atoms with van der Waals surface area (Å²) in [5.41, 5.74) is 3.53. The van der Waals surface area contributed by atoms with Crippen molar-refractivity contribution in [3.05, 3.63) is 84.5 Å². The summed E-state index contributed by atoms with van der Waals surface area (Å²) in [6.07, 6.45) is 4.55. The molecule has 2 heterocycles. The number of hydrogen-bond acceptors (Lipinski definition) is 6. The second-order valence-electron chi connectivity index (χ2n) is 6.79. The first-order valence-electron chi connectivity index (χ1n) is 9.97. The van der Waals surface area contributed by atoms with Gasteiger partial charge < -0.3 is 15.4 Å². The summed E-state index contributed by atoms with van der Waals surface area (Å²) < 4.78 is 5.63. The Bertz CT molecular complexity index is 1120. The molecule has 0 radical (unpaired) electrons. The number of benzene rings is 2. The van der Waals surface area contributed by atoms with Crippen LogP contribution >= 0.6 is 11.3 Å². The van der Waals surface area contributed by atoms with Gasteiger partial charge in [-0.2, -0.15) is 0 Å². The van der Waals surface area contributed by atoms with Gasteiger partial charge in [-0.3, -0.25) is 9.78 Å². The van der Waals surface area contributed by atoms with Crippen molar-refractivity contribution in [1.82, 2.24) is 9.97 Å². The molecule has 0 aliphatic carbocycles. The van der Waals surface area contributed by atoms with E-state index in [9.17, 15) is 4.79 Å². The summed E-state index contributed by atoms with van der Waals surface area (Å²) in [5, 5.41) is 9.02. The molecule has 0 bridgehead atoms. The number of nitrogens with one attached hydrogen (secondary N) is 2.